The van der Waals surface area contributed by atoms with Gasteiger partial charge in [-0.05, 0) is 122 Å². The number of rotatable bonds is 8. The Morgan fingerprint density at radius 1 is 0.405 bits per heavy atom. The van der Waals surface area contributed by atoms with Crippen molar-refractivity contribution in [1.29, 1.82) is 0 Å². The number of H-pyrrole nitrogens is 3. The molecule has 3 N–H and O–H groups in total. The van der Waals surface area contributed by atoms with Gasteiger partial charge in [0.25, 0.3) is 16.7 Å². The summed E-state index contributed by atoms with van der Waals surface area (Å²) in [6, 6.07) is 28.3. The summed E-state index contributed by atoms with van der Waals surface area (Å²) in [5.41, 5.74) is 7.70. The number of carbonyl (C=O) groups is 2. The van der Waals surface area contributed by atoms with E-state index in [4.69, 9.17) is 18.9 Å². The lowest BCUT2D eigenvalue weighted by Crippen LogP contribution is -2.34. The largest absolute Gasteiger partial charge is 0.497 e. The monoisotopic (exact) mass is 1060 g/mol. The Kier molecular flexibility index (Phi) is 14.5. The molecule has 18 nitrogen and oxygen atoms in total. The minimum absolute atomic E-state index is 0.0266. The first-order valence-electron chi connectivity index (χ1n) is 25.0. The van der Waals surface area contributed by atoms with Crippen LogP contribution in [-0.4, -0.2) is 68.7 Å². The molecule has 0 fully saturated rings. The first-order chi connectivity index (χ1) is 37.7. The molecule has 0 atom stereocenters. The highest BCUT2D eigenvalue weighted by atomic mass is 16.5. The van der Waals surface area contributed by atoms with Gasteiger partial charge in [0.2, 0.25) is 22.5 Å². The Hall–Kier alpha value is -9.84. The number of fused-ring (bicyclic) bond motifs is 6. The Labute approximate surface area is 450 Å². The number of ketones is 2. The van der Waals surface area contributed by atoms with Crippen molar-refractivity contribution in [3.63, 3.8) is 0 Å². The van der Waals surface area contributed by atoms with Crippen LogP contribution in [0.1, 0.15) is 76.6 Å². The molecule has 0 amide bonds. The van der Waals surface area contributed by atoms with Crippen LogP contribution in [0.4, 0.5) is 0 Å². The molecule has 0 radical (unpaired) electrons. The highest BCUT2D eigenvalue weighted by Crippen LogP contribution is 2.38. The summed E-state index contributed by atoms with van der Waals surface area (Å²) in [7, 11) is 7.79. The molecule has 0 unspecified atom stereocenters. The van der Waals surface area contributed by atoms with Crippen molar-refractivity contribution in [3.8, 4) is 23.0 Å². The molecule has 1 aliphatic carbocycles. The van der Waals surface area contributed by atoms with Crippen LogP contribution in [0.15, 0.2) is 126 Å². The van der Waals surface area contributed by atoms with E-state index in [9.17, 15) is 38.4 Å². The normalized spacial score (nSPS) is 11.7. The van der Waals surface area contributed by atoms with Crippen molar-refractivity contribution >= 4 is 55.2 Å². The summed E-state index contributed by atoms with van der Waals surface area (Å²) >= 11 is 0. The zero-order chi connectivity index (χ0) is 56.9. The number of methoxy groups -OCH3 is 4. The van der Waals surface area contributed by atoms with E-state index in [-0.39, 0.29) is 56.1 Å². The first kappa shape index (κ1) is 54.0. The van der Waals surface area contributed by atoms with E-state index in [1.807, 2.05) is 82.3 Å². The lowest BCUT2D eigenvalue weighted by atomic mass is 9.85. The molecular formula is C61H56N6O12. The quantitative estimate of drug-likeness (QED) is 0.125. The molecule has 11 rings (SSSR count). The van der Waals surface area contributed by atoms with Crippen LogP contribution >= 0.6 is 0 Å². The number of hydrogen-bond acceptors (Lipinski definition) is 12. The van der Waals surface area contributed by atoms with E-state index in [1.54, 1.807) is 68.6 Å². The van der Waals surface area contributed by atoms with Gasteiger partial charge < -0.3 is 47.6 Å². The van der Waals surface area contributed by atoms with E-state index in [1.165, 1.54) is 26.3 Å². The SMILES string of the molecule is COc1c2[nH]c(=O)cc(C)c2cc2c(C)cc(=O)[nH]c12.COc1ccc(Cn2c(=O)cc(C)c3cc4c(C)cc(=O)n(Cc5ccc(OC)cc5)c4c(OC)c32)cc1.Cc1cc(=O)[nH]c2c1C(=O)c1c(C)cc(=O)n(C)c1C2=O. The maximum Gasteiger partial charge on any atom is 0.251 e. The minimum Gasteiger partial charge on any atom is -0.497 e. The lowest BCUT2D eigenvalue weighted by Gasteiger charge is -2.21. The molecule has 4 aromatic carbocycles. The van der Waals surface area contributed by atoms with Gasteiger partial charge in [0, 0.05) is 65.0 Å². The summed E-state index contributed by atoms with van der Waals surface area (Å²) < 4.78 is 26.6. The molecule has 0 saturated carbocycles. The molecule has 0 bridgehead atoms. The van der Waals surface area contributed by atoms with Gasteiger partial charge in [0.1, 0.15) is 22.9 Å². The van der Waals surface area contributed by atoms with Gasteiger partial charge in [-0.2, -0.15) is 0 Å². The number of aromatic nitrogens is 6. The Bertz CT molecular complexity index is 4360. The molecule has 6 heterocycles. The summed E-state index contributed by atoms with van der Waals surface area (Å²) in [5, 5.41) is 3.62. The van der Waals surface area contributed by atoms with Crippen molar-refractivity contribution in [2.75, 3.05) is 28.4 Å². The molecule has 79 heavy (non-hydrogen) atoms. The van der Waals surface area contributed by atoms with Gasteiger partial charge in [0.15, 0.2) is 17.3 Å². The number of hydrogen-bond donors (Lipinski definition) is 3. The summed E-state index contributed by atoms with van der Waals surface area (Å²) in [4.78, 5) is 107. The van der Waals surface area contributed by atoms with E-state index in [0.717, 1.165) is 71.0 Å². The number of aromatic amines is 3. The van der Waals surface area contributed by atoms with Gasteiger partial charge in [-0.15, -0.1) is 0 Å². The average Bonchev–Trinajstić information content (AvgIpc) is 3.60. The molecule has 18 heteroatoms. The van der Waals surface area contributed by atoms with Crippen LogP contribution in [0.25, 0.3) is 43.6 Å². The maximum absolute atomic E-state index is 13.4. The lowest BCUT2D eigenvalue weighted by molar-refractivity contribution is 0.0966. The molecule has 0 spiro atoms. The van der Waals surface area contributed by atoms with Crippen molar-refractivity contribution < 1.29 is 28.5 Å². The number of aryl methyl sites for hydroxylation is 6. The summed E-state index contributed by atoms with van der Waals surface area (Å²) in [6.07, 6.45) is 0. The number of carbonyl (C=O) groups excluding carboxylic acids is 2. The van der Waals surface area contributed by atoms with Crippen molar-refractivity contribution in [2.24, 2.45) is 7.05 Å². The zero-order valence-corrected chi connectivity index (χ0v) is 45.4. The second-order valence-corrected chi connectivity index (χ2v) is 19.5. The van der Waals surface area contributed by atoms with Gasteiger partial charge in [-0.3, -0.25) is 38.4 Å². The van der Waals surface area contributed by atoms with E-state index >= 15 is 0 Å². The average molecular weight is 1070 g/mol. The third-order valence-corrected chi connectivity index (χ3v) is 14.3. The molecule has 402 valence electrons. The second kappa shape index (κ2) is 21.3. The van der Waals surface area contributed by atoms with Crippen LogP contribution in [0.3, 0.4) is 0 Å². The second-order valence-electron chi connectivity index (χ2n) is 19.5. The number of nitrogens with zero attached hydrogens (tertiary/aromatic N) is 3. The van der Waals surface area contributed by atoms with Gasteiger partial charge in [-0.25, -0.2) is 0 Å². The summed E-state index contributed by atoms with van der Waals surface area (Å²) in [6.45, 7) is 11.5. The number of pyridine rings is 6. The fraction of sp³-hybridized carbons (Fsp3) is 0.213. The standard InChI is InChI=1S/C31H30N2O5.C15H12N2O4.C15H14N2O3/c1-19-14-27(34)32(17-21-6-10-23(36-3)11-7-21)29-25(19)16-26-20(2)15-28(35)33(30(26)31(29)38-5)18-22-8-12-24(37-4)13-9-22;1-6-4-8(18)16-12-10(6)14(20)11-7(2)5-9(19)17(3)13(11)15(12)21;1-7-4-11(18)16-13-9(7)6-10-8(2)5-12(19)17-14(10)15(13)20-3/h6-16H,17-18H2,1-5H3;4-5H,1-3H3,(H,16,18);4-6H,1-3H3,(H,16,18)(H,17,19). The van der Waals surface area contributed by atoms with E-state index in [2.05, 4.69) is 21.0 Å². The fourth-order valence-corrected chi connectivity index (χ4v) is 10.4. The topological polar surface area (TPSA) is 236 Å². The molecule has 1 aliphatic rings. The highest BCUT2D eigenvalue weighted by Gasteiger charge is 2.35. The van der Waals surface area contributed by atoms with E-state index in [0.29, 0.717) is 57.8 Å². The number of benzene rings is 4. The van der Waals surface area contributed by atoms with Crippen molar-refractivity contribution in [2.45, 2.75) is 54.6 Å². The van der Waals surface area contributed by atoms with Crippen molar-refractivity contribution in [1.82, 2.24) is 28.7 Å². The molecule has 0 saturated heterocycles. The Morgan fingerprint density at radius 3 is 1.24 bits per heavy atom. The van der Waals surface area contributed by atoms with Gasteiger partial charge in [-0.1, -0.05) is 24.3 Å². The number of ether oxygens (including phenoxy) is 4. The summed E-state index contributed by atoms with van der Waals surface area (Å²) in [5.74, 6) is 1.62. The minimum atomic E-state index is -0.510. The van der Waals surface area contributed by atoms with Crippen LogP contribution in [0, 0.1) is 41.5 Å². The van der Waals surface area contributed by atoms with Crippen LogP contribution in [0.2, 0.25) is 0 Å². The number of nitrogens with one attached hydrogen (secondary N) is 3. The first-order valence-corrected chi connectivity index (χ1v) is 25.0. The predicted octanol–water partition coefficient (Wildman–Crippen LogP) is 7.52. The Balaban J connectivity index is 0.000000156. The molecular weight excluding hydrogens is 1010 g/mol. The van der Waals surface area contributed by atoms with Gasteiger partial charge in [0.05, 0.1) is 74.7 Å². The highest BCUT2D eigenvalue weighted by molar-refractivity contribution is 6.28. The third kappa shape index (κ3) is 9.84. The molecule has 6 aromatic heterocycles. The van der Waals surface area contributed by atoms with Crippen LogP contribution in [-0.2, 0) is 20.1 Å². The predicted molar refractivity (Wildman–Crippen MR) is 304 cm³/mol. The van der Waals surface area contributed by atoms with Gasteiger partial charge >= 0.3 is 0 Å². The fourth-order valence-electron chi connectivity index (χ4n) is 10.4. The maximum atomic E-state index is 13.4. The Morgan fingerprint density at radius 2 is 0.797 bits per heavy atom. The van der Waals surface area contributed by atoms with E-state index < -0.39 is 11.3 Å². The third-order valence-electron chi connectivity index (χ3n) is 14.3. The smallest absolute Gasteiger partial charge is 0.251 e. The van der Waals surface area contributed by atoms with Crippen LogP contribution < -0.4 is 52.3 Å². The zero-order valence-electron chi connectivity index (χ0n) is 45.4. The molecule has 10 aromatic rings. The molecule has 0 aliphatic heterocycles. The van der Waals surface area contributed by atoms with Crippen LogP contribution in [0.5, 0.6) is 23.0 Å². The van der Waals surface area contributed by atoms with Crippen molar-refractivity contribution in [3.05, 3.63) is 226 Å².